The Labute approximate surface area is 182 Å². The number of carbonyl (C=O) groups is 2. The highest BCUT2D eigenvalue weighted by Gasteiger charge is 2.28. The first kappa shape index (κ1) is 21.2. The maximum atomic E-state index is 13.0. The van der Waals surface area contributed by atoms with Gasteiger partial charge in [-0.15, -0.1) is 0 Å². The van der Waals surface area contributed by atoms with E-state index in [1.807, 2.05) is 29.8 Å². The molecule has 2 amide bonds. The summed E-state index contributed by atoms with van der Waals surface area (Å²) in [5, 5.41) is 4.30. The molecule has 2 aliphatic heterocycles. The van der Waals surface area contributed by atoms with Gasteiger partial charge in [-0.2, -0.15) is 5.10 Å². The van der Waals surface area contributed by atoms with Crippen LogP contribution in [0.4, 0.5) is 0 Å². The Hall–Kier alpha value is -3.03. The largest absolute Gasteiger partial charge is 0.497 e. The van der Waals surface area contributed by atoms with Gasteiger partial charge in [0.05, 0.1) is 12.7 Å². The lowest BCUT2D eigenvalue weighted by Gasteiger charge is -2.32. The Kier molecular flexibility index (Phi) is 6.15. The van der Waals surface area contributed by atoms with E-state index in [0.717, 1.165) is 31.6 Å². The summed E-state index contributed by atoms with van der Waals surface area (Å²) < 4.78 is 13.3. The Bertz CT molecular complexity index is 937. The molecule has 0 saturated carbocycles. The van der Waals surface area contributed by atoms with Gasteiger partial charge in [-0.05, 0) is 38.0 Å². The van der Waals surface area contributed by atoms with Gasteiger partial charge in [-0.1, -0.05) is 0 Å². The highest BCUT2D eigenvalue weighted by atomic mass is 16.5. The van der Waals surface area contributed by atoms with E-state index in [2.05, 4.69) is 5.10 Å². The summed E-state index contributed by atoms with van der Waals surface area (Å²) in [5.74, 6) is 1.18. The van der Waals surface area contributed by atoms with Gasteiger partial charge >= 0.3 is 0 Å². The quantitative estimate of drug-likeness (QED) is 0.735. The van der Waals surface area contributed by atoms with E-state index in [9.17, 15) is 9.59 Å². The minimum atomic E-state index is -0.0632. The predicted molar refractivity (Wildman–Crippen MR) is 116 cm³/mol. The molecule has 0 unspecified atom stereocenters. The molecule has 2 fully saturated rings. The number of benzene rings is 1. The Morgan fingerprint density at radius 2 is 1.68 bits per heavy atom. The highest BCUT2D eigenvalue weighted by Crippen LogP contribution is 2.30. The fourth-order valence-electron chi connectivity index (χ4n) is 4.18. The summed E-state index contributed by atoms with van der Waals surface area (Å²) in [5.41, 5.74) is 2.01. The number of nitrogens with zero attached hydrogens (tertiary/aromatic N) is 4. The number of likely N-dealkylation sites (tertiary alicyclic amines) is 2. The zero-order chi connectivity index (χ0) is 22.0. The second kappa shape index (κ2) is 8.99. The second-order valence-corrected chi connectivity index (χ2v) is 8.27. The Morgan fingerprint density at radius 1 is 1.00 bits per heavy atom. The number of methoxy groups -OCH3 is 1. The number of ether oxygens (including phenoxy) is 2. The Balaban J connectivity index is 1.42. The van der Waals surface area contributed by atoms with E-state index >= 15 is 0 Å². The predicted octanol–water partition coefficient (Wildman–Crippen LogP) is 2.66. The third-order valence-corrected chi connectivity index (χ3v) is 6.17. The molecule has 0 aliphatic carbocycles. The van der Waals surface area contributed by atoms with Crippen LogP contribution in [0.5, 0.6) is 11.5 Å². The number of aryl methyl sites for hydroxylation is 2. The molecule has 4 rings (SSSR count). The minimum absolute atomic E-state index is 0.00767. The van der Waals surface area contributed by atoms with E-state index < -0.39 is 0 Å². The van der Waals surface area contributed by atoms with E-state index in [0.29, 0.717) is 48.7 Å². The SMILES string of the molecule is COc1ccc(C(=O)N2CCCC2)c(OC2CCN(C(=O)c3cc(C)n(C)n3)CC2)c1. The van der Waals surface area contributed by atoms with E-state index in [-0.39, 0.29) is 17.9 Å². The first-order valence-corrected chi connectivity index (χ1v) is 10.9. The van der Waals surface area contributed by atoms with Gasteiger partial charge in [-0.25, -0.2) is 0 Å². The van der Waals surface area contributed by atoms with Crippen LogP contribution in [0.15, 0.2) is 24.3 Å². The zero-order valence-corrected chi connectivity index (χ0v) is 18.5. The molecule has 1 aromatic heterocycles. The van der Waals surface area contributed by atoms with Crippen molar-refractivity contribution in [2.75, 3.05) is 33.3 Å². The van der Waals surface area contributed by atoms with Crippen LogP contribution in [0.25, 0.3) is 0 Å². The molecule has 0 N–H and O–H groups in total. The molecule has 3 heterocycles. The number of carbonyl (C=O) groups excluding carboxylic acids is 2. The van der Waals surface area contributed by atoms with Crippen molar-refractivity contribution in [2.24, 2.45) is 7.05 Å². The number of aromatic nitrogens is 2. The van der Waals surface area contributed by atoms with Crippen molar-refractivity contribution in [1.82, 2.24) is 19.6 Å². The van der Waals surface area contributed by atoms with Gasteiger partial charge in [0, 0.05) is 57.8 Å². The molecule has 166 valence electrons. The second-order valence-electron chi connectivity index (χ2n) is 8.27. The van der Waals surface area contributed by atoms with Gasteiger partial charge < -0.3 is 19.3 Å². The standard InChI is InChI=1S/C23H30N4O4/c1-16-14-20(24-25(16)2)23(29)27-12-8-17(9-13-27)31-21-15-18(30-3)6-7-19(21)22(28)26-10-4-5-11-26/h6-7,14-15,17H,4-5,8-13H2,1-3H3. The summed E-state index contributed by atoms with van der Waals surface area (Å²) in [7, 11) is 3.44. The van der Waals surface area contributed by atoms with E-state index in [4.69, 9.17) is 9.47 Å². The van der Waals surface area contributed by atoms with Crippen molar-refractivity contribution in [2.45, 2.75) is 38.7 Å². The van der Waals surface area contributed by atoms with Crippen molar-refractivity contribution in [1.29, 1.82) is 0 Å². The lowest BCUT2D eigenvalue weighted by atomic mass is 10.1. The summed E-state index contributed by atoms with van der Waals surface area (Å²) in [4.78, 5) is 29.4. The highest BCUT2D eigenvalue weighted by molar-refractivity contribution is 5.97. The lowest BCUT2D eigenvalue weighted by molar-refractivity contribution is 0.0585. The van der Waals surface area contributed by atoms with Crippen LogP contribution >= 0.6 is 0 Å². The first-order valence-electron chi connectivity index (χ1n) is 10.9. The molecule has 2 saturated heterocycles. The van der Waals surface area contributed by atoms with E-state index in [1.165, 1.54) is 0 Å². The van der Waals surface area contributed by atoms with Crippen molar-refractivity contribution in [3.63, 3.8) is 0 Å². The summed E-state index contributed by atoms with van der Waals surface area (Å²) in [6.07, 6.45) is 3.42. The first-order chi connectivity index (χ1) is 15.0. The normalized spacial score (nSPS) is 17.1. The number of piperidine rings is 1. The van der Waals surface area contributed by atoms with Crippen LogP contribution in [-0.2, 0) is 7.05 Å². The number of amides is 2. The van der Waals surface area contributed by atoms with Crippen LogP contribution in [0.1, 0.15) is 52.2 Å². The smallest absolute Gasteiger partial charge is 0.274 e. The fraction of sp³-hybridized carbons (Fsp3) is 0.522. The molecule has 1 aromatic carbocycles. The average molecular weight is 427 g/mol. The molecule has 0 atom stereocenters. The minimum Gasteiger partial charge on any atom is -0.497 e. The summed E-state index contributed by atoms with van der Waals surface area (Å²) >= 11 is 0. The van der Waals surface area contributed by atoms with Crippen LogP contribution in [0, 0.1) is 6.92 Å². The monoisotopic (exact) mass is 426 g/mol. The third kappa shape index (κ3) is 4.52. The van der Waals surface area contributed by atoms with E-state index in [1.54, 1.807) is 30.0 Å². The molecule has 0 radical (unpaired) electrons. The van der Waals surface area contributed by atoms with Gasteiger partial charge in [0.25, 0.3) is 11.8 Å². The zero-order valence-electron chi connectivity index (χ0n) is 18.5. The maximum absolute atomic E-state index is 13.0. The third-order valence-electron chi connectivity index (χ3n) is 6.17. The van der Waals surface area contributed by atoms with Crippen molar-refractivity contribution in [3.05, 3.63) is 41.2 Å². The number of rotatable bonds is 5. The van der Waals surface area contributed by atoms with Gasteiger partial charge in [0.1, 0.15) is 17.6 Å². The van der Waals surface area contributed by atoms with Gasteiger partial charge in [0.15, 0.2) is 5.69 Å². The van der Waals surface area contributed by atoms with Gasteiger partial charge in [0.2, 0.25) is 0 Å². The molecule has 2 aromatic rings. The van der Waals surface area contributed by atoms with Gasteiger partial charge in [-0.3, -0.25) is 14.3 Å². The van der Waals surface area contributed by atoms with Crippen LogP contribution in [0.2, 0.25) is 0 Å². The molecule has 8 heteroatoms. The van der Waals surface area contributed by atoms with Crippen molar-refractivity contribution >= 4 is 11.8 Å². The molecule has 8 nitrogen and oxygen atoms in total. The molecular weight excluding hydrogens is 396 g/mol. The number of hydrogen-bond acceptors (Lipinski definition) is 5. The molecule has 31 heavy (non-hydrogen) atoms. The average Bonchev–Trinajstić information content (AvgIpc) is 3.43. The topological polar surface area (TPSA) is 76.9 Å². The van der Waals surface area contributed by atoms with Crippen LogP contribution < -0.4 is 9.47 Å². The van der Waals surface area contributed by atoms with Crippen molar-refractivity contribution in [3.8, 4) is 11.5 Å². The van der Waals surface area contributed by atoms with Crippen molar-refractivity contribution < 1.29 is 19.1 Å². The Morgan fingerprint density at radius 3 is 2.29 bits per heavy atom. The fourth-order valence-corrected chi connectivity index (χ4v) is 4.18. The summed E-state index contributed by atoms with van der Waals surface area (Å²) in [6.45, 7) is 4.70. The number of hydrogen-bond donors (Lipinski definition) is 0. The molecule has 0 spiro atoms. The van der Waals surface area contributed by atoms with Crippen LogP contribution in [0.3, 0.4) is 0 Å². The van der Waals surface area contributed by atoms with Crippen LogP contribution in [-0.4, -0.2) is 70.8 Å². The molecular formula is C23H30N4O4. The molecule has 2 aliphatic rings. The lowest BCUT2D eigenvalue weighted by Crippen LogP contribution is -2.42. The maximum Gasteiger partial charge on any atom is 0.274 e. The molecule has 0 bridgehead atoms. The summed E-state index contributed by atoms with van der Waals surface area (Å²) in [6, 6.07) is 7.19.